The van der Waals surface area contributed by atoms with Gasteiger partial charge in [0.2, 0.25) is 0 Å². The molecule has 0 saturated heterocycles. The van der Waals surface area contributed by atoms with Crippen molar-refractivity contribution in [2.45, 2.75) is 13.8 Å². The largest absolute Gasteiger partial charge is 0.492 e. The number of hydrogen-bond donors (Lipinski definition) is 2. The first kappa shape index (κ1) is 23.4. The molecular formula is C24H22Cl2N2O4. The summed E-state index contributed by atoms with van der Waals surface area (Å²) in [4.78, 5) is 25.4. The SMILES string of the molecule is CCOc1cc(NC(=O)c2cc(Cl)cc(Cl)c2)c(OCC)cc1NC(=O)c1ccccc1. The van der Waals surface area contributed by atoms with Gasteiger partial charge in [-0.2, -0.15) is 0 Å². The summed E-state index contributed by atoms with van der Waals surface area (Å²) in [5, 5.41) is 6.35. The monoisotopic (exact) mass is 472 g/mol. The minimum atomic E-state index is -0.418. The van der Waals surface area contributed by atoms with Crippen molar-refractivity contribution in [2.75, 3.05) is 23.8 Å². The Morgan fingerprint density at radius 3 is 1.66 bits per heavy atom. The lowest BCUT2D eigenvalue weighted by atomic mass is 10.1. The average Bonchev–Trinajstić information content (AvgIpc) is 2.76. The topological polar surface area (TPSA) is 76.7 Å². The van der Waals surface area contributed by atoms with Crippen molar-refractivity contribution in [3.8, 4) is 11.5 Å². The molecule has 166 valence electrons. The van der Waals surface area contributed by atoms with Crippen LogP contribution in [-0.4, -0.2) is 25.0 Å². The number of halogens is 2. The Morgan fingerprint density at radius 2 is 1.19 bits per heavy atom. The van der Waals surface area contributed by atoms with Crippen molar-refractivity contribution in [1.82, 2.24) is 0 Å². The van der Waals surface area contributed by atoms with Crippen LogP contribution in [0.4, 0.5) is 11.4 Å². The molecule has 0 aliphatic heterocycles. The number of anilines is 2. The van der Waals surface area contributed by atoms with Gasteiger partial charge >= 0.3 is 0 Å². The van der Waals surface area contributed by atoms with Crippen LogP contribution in [0.15, 0.2) is 60.7 Å². The molecule has 0 radical (unpaired) electrons. The molecule has 0 aliphatic rings. The highest BCUT2D eigenvalue weighted by molar-refractivity contribution is 6.35. The molecule has 32 heavy (non-hydrogen) atoms. The third-order valence-corrected chi connectivity index (χ3v) is 4.78. The van der Waals surface area contributed by atoms with E-state index in [-0.39, 0.29) is 5.91 Å². The molecule has 2 amide bonds. The molecule has 6 nitrogen and oxygen atoms in total. The van der Waals surface area contributed by atoms with Gasteiger partial charge in [-0.25, -0.2) is 0 Å². The van der Waals surface area contributed by atoms with E-state index < -0.39 is 5.91 Å². The minimum Gasteiger partial charge on any atom is -0.492 e. The third-order valence-electron chi connectivity index (χ3n) is 4.34. The molecule has 3 aromatic rings. The van der Waals surface area contributed by atoms with E-state index in [1.165, 1.54) is 12.1 Å². The van der Waals surface area contributed by atoms with E-state index in [0.717, 1.165) is 0 Å². The second kappa shape index (κ2) is 10.9. The minimum absolute atomic E-state index is 0.292. The Hall–Kier alpha value is -3.22. The number of hydrogen-bond acceptors (Lipinski definition) is 4. The van der Waals surface area contributed by atoms with Crippen molar-refractivity contribution >= 4 is 46.4 Å². The average molecular weight is 473 g/mol. The zero-order valence-corrected chi connectivity index (χ0v) is 19.1. The van der Waals surface area contributed by atoms with E-state index >= 15 is 0 Å². The van der Waals surface area contributed by atoms with Crippen LogP contribution in [0.2, 0.25) is 10.0 Å². The van der Waals surface area contributed by atoms with Crippen LogP contribution >= 0.6 is 23.2 Å². The highest BCUT2D eigenvalue weighted by Gasteiger charge is 2.18. The molecule has 8 heteroatoms. The summed E-state index contributed by atoms with van der Waals surface area (Å²) in [6.45, 7) is 4.36. The van der Waals surface area contributed by atoms with Gasteiger partial charge in [0.15, 0.2) is 0 Å². The fourth-order valence-corrected chi connectivity index (χ4v) is 3.49. The summed E-state index contributed by atoms with van der Waals surface area (Å²) in [7, 11) is 0. The number of carbonyl (C=O) groups excluding carboxylic acids is 2. The Labute approximate surface area is 196 Å². The summed E-state index contributed by atoms with van der Waals surface area (Å²) in [5.41, 5.74) is 1.61. The maximum absolute atomic E-state index is 12.8. The van der Waals surface area contributed by atoms with E-state index in [1.54, 1.807) is 42.5 Å². The van der Waals surface area contributed by atoms with Crippen LogP contribution in [0.25, 0.3) is 0 Å². The first-order chi connectivity index (χ1) is 15.4. The fourth-order valence-electron chi connectivity index (χ4n) is 2.97. The highest BCUT2D eigenvalue weighted by atomic mass is 35.5. The van der Waals surface area contributed by atoms with Crippen molar-refractivity contribution in [1.29, 1.82) is 0 Å². The second-order valence-corrected chi connectivity index (χ2v) is 7.52. The van der Waals surface area contributed by atoms with Crippen molar-refractivity contribution < 1.29 is 19.1 Å². The molecule has 0 atom stereocenters. The van der Waals surface area contributed by atoms with Crippen LogP contribution in [0.3, 0.4) is 0 Å². The van der Waals surface area contributed by atoms with Crippen LogP contribution in [0, 0.1) is 0 Å². The first-order valence-electron chi connectivity index (χ1n) is 9.98. The van der Waals surface area contributed by atoms with E-state index in [9.17, 15) is 9.59 Å². The third kappa shape index (κ3) is 5.93. The van der Waals surface area contributed by atoms with Gasteiger partial charge in [-0.15, -0.1) is 0 Å². The molecule has 3 aromatic carbocycles. The summed E-state index contributed by atoms with van der Waals surface area (Å²) in [6, 6.07) is 16.6. The van der Waals surface area contributed by atoms with E-state index in [0.29, 0.717) is 57.3 Å². The summed E-state index contributed by atoms with van der Waals surface area (Å²) in [6.07, 6.45) is 0. The van der Waals surface area contributed by atoms with Gasteiger partial charge < -0.3 is 20.1 Å². The van der Waals surface area contributed by atoms with E-state index in [2.05, 4.69) is 10.6 Å². The lowest BCUT2D eigenvalue weighted by molar-refractivity contribution is 0.101. The molecule has 0 spiro atoms. The molecule has 0 aromatic heterocycles. The predicted octanol–water partition coefficient (Wildman–Crippen LogP) is 6.30. The van der Waals surface area contributed by atoms with Crippen LogP contribution in [0.5, 0.6) is 11.5 Å². The van der Waals surface area contributed by atoms with E-state index in [1.807, 2.05) is 19.9 Å². The van der Waals surface area contributed by atoms with Crippen molar-refractivity contribution in [3.63, 3.8) is 0 Å². The van der Waals surface area contributed by atoms with E-state index in [4.69, 9.17) is 32.7 Å². The zero-order chi connectivity index (χ0) is 23.1. The van der Waals surface area contributed by atoms with Crippen LogP contribution in [0.1, 0.15) is 34.6 Å². The normalized spacial score (nSPS) is 10.4. The lowest BCUT2D eigenvalue weighted by Gasteiger charge is -2.18. The molecular weight excluding hydrogens is 451 g/mol. The molecule has 0 bridgehead atoms. The van der Waals surface area contributed by atoms with Gasteiger partial charge in [0.1, 0.15) is 11.5 Å². The van der Waals surface area contributed by atoms with Gasteiger partial charge in [0.25, 0.3) is 11.8 Å². The fraction of sp³-hybridized carbons (Fsp3) is 0.167. The van der Waals surface area contributed by atoms with Crippen LogP contribution in [-0.2, 0) is 0 Å². The number of rotatable bonds is 8. The molecule has 0 heterocycles. The molecule has 3 rings (SSSR count). The standard InChI is InChI=1S/C24H22Cl2N2O4/c1-3-31-21-14-20(28-24(30)16-10-17(25)12-18(26)11-16)22(32-4-2)13-19(21)27-23(29)15-8-6-5-7-9-15/h5-14H,3-4H2,1-2H3,(H,27,29)(H,28,30). The Kier molecular flexibility index (Phi) is 7.98. The summed E-state index contributed by atoms with van der Waals surface area (Å²) >= 11 is 12.0. The summed E-state index contributed by atoms with van der Waals surface area (Å²) in [5.74, 6) is 0.0543. The van der Waals surface area contributed by atoms with Gasteiger partial charge in [0.05, 0.1) is 24.6 Å². The predicted molar refractivity (Wildman–Crippen MR) is 128 cm³/mol. The van der Waals surface area contributed by atoms with Gasteiger partial charge in [-0.1, -0.05) is 41.4 Å². The van der Waals surface area contributed by atoms with Gasteiger partial charge in [-0.3, -0.25) is 9.59 Å². The van der Waals surface area contributed by atoms with Crippen molar-refractivity contribution in [3.05, 3.63) is 81.8 Å². The van der Waals surface area contributed by atoms with Crippen molar-refractivity contribution in [2.24, 2.45) is 0 Å². The Bertz CT molecular complexity index is 1100. The van der Waals surface area contributed by atoms with Gasteiger partial charge in [0, 0.05) is 33.3 Å². The zero-order valence-electron chi connectivity index (χ0n) is 17.6. The Morgan fingerprint density at radius 1 is 0.719 bits per heavy atom. The first-order valence-corrected chi connectivity index (χ1v) is 10.7. The Balaban J connectivity index is 1.94. The maximum atomic E-state index is 12.8. The maximum Gasteiger partial charge on any atom is 0.255 e. The molecule has 0 aliphatic carbocycles. The highest BCUT2D eigenvalue weighted by Crippen LogP contribution is 2.37. The van der Waals surface area contributed by atoms with Gasteiger partial charge in [-0.05, 0) is 44.2 Å². The number of amides is 2. The number of benzene rings is 3. The molecule has 0 unspecified atom stereocenters. The quantitative estimate of drug-likeness (QED) is 0.403. The summed E-state index contributed by atoms with van der Waals surface area (Å²) < 4.78 is 11.4. The lowest BCUT2D eigenvalue weighted by Crippen LogP contribution is -2.15. The smallest absolute Gasteiger partial charge is 0.255 e. The van der Waals surface area contributed by atoms with Crippen LogP contribution < -0.4 is 20.1 Å². The molecule has 0 saturated carbocycles. The number of ether oxygens (including phenoxy) is 2. The molecule has 0 fully saturated rings. The second-order valence-electron chi connectivity index (χ2n) is 6.64. The molecule has 2 N–H and O–H groups in total. The number of carbonyl (C=O) groups is 2. The number of nitrogens with one attached hydrogen (secondary N) is 2.